The number of aliphatic carboxylic acids is 3. The van der Waals surface area contributed by atoms with Crippen molar-refractivity contribution in [2.45, 2.75) is 50.6 Å². The Labute approximate surface area is 133 Å². The maximum Gasteiger partial charge on any atom is 0.329 e. The predicted molar refractivity (Wildman–Crippen MR) is 78.9 cm³/mol. The maximum atomic E-state index is 11.8. The summed E-state index contributed by atoms with van der Waals surface area (Å²) in [5.41, 5.74) is 3.76. The third kappa shape index (κ3) is 8.00. The van der Waals surface area contributed by atoms with Crippen LogP contribution in [0.5, 0.6) is 0 Å². The van der Waals surface area contributed by atoms with Crippen molar-refractivity contribution in [2.75, 3.05) is 6.54 Å². The molecule has 0 radical (unpaired) electrons. The number of rotatable bonds is 11. The van der Waals surface area contributed by atoms with Crippen LogP contribution in [0.1, 0.15) is 39.0 Å². The van der Waals surface area contributed by atoms with Crippen molar-refractivity contribution >= 4 is 23.9 Å². The van der Waals surface area contributed by atoms with Crippen LogP contribution in [0.15, 0.2) is 0 Å². The average Bonchev–Trinajstić information content (AvgIpc) is 2.42. The average molecular weight is 333 g/mol. The van der Waals surface area contributed by atoms with Gasteiger partial charge in [-0.25, -0.2) is 14.4 Å². The molecule has 0 aromatic heterocycles. The zero-order chi connectivity index (χ0) is 18.0. The van der Waals surface area contributed by atoms with Gasteiger partial charge in [-0.15, -0.1) is 0 Å². The van der Waals surface area contributed by atoms with Gasteiger partial charge in [0.25, 0.3) is 0 Å². The highest BCUT2D eigenvalue weighted by atomic mass is 16.4. The predicted octanol–water partition coefficient (Wildman–Crippen LogP) is -0.424. The standard InChI is InChI=1S/C13H23N3O7/c1-13(11(21)22,6-2-3-7-14)16-12(23)15-8(10(19)20)4-5-9(17)18/h8H,2-7,14H2,1H3,(H,17,18)(H,19,20)(H,21,22)(H2,15,16,23)/t8-,13?/m0/s1. The number of carbonyl (C=O) groups is 4. The minimum Gasteiger partial charge on any atom is -0.481 e. The summed E-state index contributed by atoms with van der Waals surface area (Å²) in [5.74, 6) is -3.86. The van der Waals surface area contributed by atoms with Crippen LogP contribution in [-0.4, -0.2) is 57.4 Å². The fourth-order valence-corrected chi connectivity index (χ4v) is 1.82. The van der Waals surface area contributed by atoms with Crippen molar-refractivity contribution in [2.24, 2.45) is 5.73 Å². The van der Waals surface area contributed by atoms with Gasteiger partial charge >= 0.3 is 23.9 Å². The summed E-state index contributed by atoms with van der Waals surface area (Å²) in [4.78, 5) is 44.6. The molecule has 0 aliphatic heterocycles. The number of carbonyl (C=O) groups excluding carboxylic acids is 1. The summed E-state index contributed by atoms with van der Waals surface area (Å²) < 4.78 is 0. The number of nitrogens with one attached hydrogen (secondary N) is 2. The third-order valence-electron chi connectivity index (χ3n) is 3.24. The Bertz CT molecular complexity index is 455. The lowest BCUT2D eigenvalue weighted by atomic mass is 9.95. The number of hydrogen-bond acceptors (Lipinski definition) is 5. The Morgan fingerprint density at radius 3 is 2.17 bits per heavy atom. The van der Waals surface area contributed by atoms with E-state index in [0.29, 0.717) is 19.4 Å². The van der Waals surface area contributed by atoms with Gasteiger partial charge in [0.05, 0.1) is 0 Å². The fraction of sp³-hybridized carbons (Fsp3) is 0.692. The highest BCUT2D eigenvalue weighted by molar-refractivity contribution is 5.88. The van der Waals surface area contributed by atoms with Crippen LogP contribution in [0.25, 0.3) is 0 Å². The lowest BCUT2D eigenvalue weighted by Crippen LogP contribution is -2.57. The first-order chi connectivity index (χ1) is 10.6. The molecule has 0 aliphatic carbocycles. The van der Waals surface area contributed by atoms with E-state index in [4.69, 9.17) is 15.9 Å². The van der Waals surface area contributed by atoms with Crippen molar-refractivity contribution in [1.82, 2.24) is 10.6 Å². The molecule has 10 heteroatoms. The summed E-state index contributed by atoms with van der Waals surface area (Å²) in [6, 6.07) is -2.41. The number of carboxylic acids is 3. The summed E-state index contributed by atoms with van der Waals surface area (Å²) >= 11 is 0. The van der Waals surface area contributed by atoms with Crippen molar-refractivity contribution in [3.63, 3.8) is 0 Å². The van der Waals surface area contributed by atoms with Gasteiger partial charge in [-0.05, 0) is 39.2 Å². The van der Waals surface area contributed by atoms with Crippen LogP contribution in [0.2, 0.25) is 0 Å². The Morgan fingerprint density at radius 2 is 1.74 bits per heavy atom. The normalized spacial score (nSPS) is 14.3. The molecule has 0 saturated carbocycles. The van der Waals surface area contributed by atoms with Crippen molar-refractivity contribution in [3.8, 4) is 0 Å². The molecule has 0 heterocycles. The summed E-state index contributed by atoms with van der Waals surface area (Å²) in [6.45, 7) is 1.69. The second-order valence-electron chi connectivity index (χ2n) is 5.30. The first kappa shape index (κ1) is 20.6. The lowest BCUT2D eigenvalue weighted by molar-refractivity contribution is -0.144. The van der Waals surface area contributed by atoms with E-state index >= 15 is 0 Å². The van der Waals surface area contributed by atoms with E-state index in [2.05, 4.69) is 10.6 Å². The summed E-state index contributed by atoms with van der Waals surface area (Å²) in [7, 11) is 0. The Morgan fingerprint density at radius 1 is 1.13 bits per heavy atom. The molecule has 0 rings (SSSR count). The molecule has 23 heavy (non-hydrogen) atoms. The molecule has 0 aromatic rings. The smallest absolute Gasteiger partial charge is 0.329 e. The molecule has 2 amide bonds. The second kappa shape index (κ2) is 9.62. The van der Waals surface area contributed by atoms with Crippen LogP contribution in [0, 0.1) is 0 Å². The number of amides is 2. The maximum absolute atomic E-state index is 11.8. The van der Waals surface area contributed by atoms with Gasteiger partial charge in [0.1, 0.15) is 11.6 Å². The van der Waals surface area contributed by atoms with Gasteiger partial charge in [0.15, 0.2) is 0 Å². The fourth-order valence-electron chi connectivity index (χ4n) is 1.82. The zero-order valence-electron chi connectivity index (χ0n) is 12.9. The van der Waals surface area contributed by atoms with E-state index in [0.717, 1.165) is 0 Å². The van der Waals surface area contributed by atoms with E-state index in [1.54, 1.807) is 0 Å². The topological polar surface area (TPSA) is 179 Å². The first-order valence-corrected chi connectivity index (χ1v) is 7.09. The molecule has 0 aliphatic rings. The minimum atomic E-state index is -1.57. The van der Waals surface area contributed by atoms with Crippen LogP contribution >= 0.6 is 0 Å². The number of nitrogens with two attached hydrogens (primary N) is 1. The number of unbranched alkanes of at least 4 members (excludes halogenated alkanes) is 1. The molecule has 10 nitrogen and oxygen atoms in total. The van der Waals surface area contributed by atoms with Crippen LogP contribution < -0.4 is 16.4 Å². The SMILES string of the molecule is CC(CCCCN)(NC(=O)N[C@@H](CCC(=O)O)C(=O)O)C(=O)O. The summed E-state index contributed by atoms with van der Waals surface area (Å²) in [6.07, 6.45) is 0.433. The van der Waals surface area contributed by atoms with Gasteiger partial charge < -0.3 is 31.7 Å². The van der Waals surface area contributed by atoms with Crippen molar-refractivity contribution in [3.05, 3.63) is 0 Å². The van der Waals surface area contributed by atoms with Gasteiger partial charge in [-0.1, -0.05) is 0 Å². The number of carboxylic acid groups (broad SMARTS) is 3. The molecular weight excluding hydrogens is 310 g/mol. The highest BCUT2D eigenvalue weighted by Crippen LogP contribution is 2.14. The van der Waals surface area contributed by atoms with Crippen LogP contribution in [0.3, 0.4) is 0 Å². The van der Waals surface area contributed by atoms with Crippen LogP contribution in [-0.2, 0) is 14.4 Å². The van der Waals surface area contributed by atoms with Crippen molar-refractivity contribution in [1.29, 1.82) is 0 Å². The monoisotopic (exact) mass is 333 g/mol. The molecule has 0 bridgehead atoms. The molecule has 0 spiro atoms. The van der Waals surface area contributed by atoms with Gasteiger partial charge in [-0.2, -0.15) is 0 Å². The highest BCUT2D eigenvalue weighted by Gasteiger charge is 2.35. The molecule has 0 aromatic carbocycles. The number of hydrogen-bond donors (Lipinski definition) is 6. The van der Waals surface area contributed by atoms with Crippen LogP contribution in [0.4, 0.5) is 4.79 Å². The Hall–Kier alpha value is -2.36. The molecular formula is C13H23N3O7. The van der Waals surface area contributed by atoms with Gasteiger partial charge in [0.2, 0.25) is 0 Å². The summed E-state index contributed by atoms with van der Waals surface area (Å²) in [5, 5.41) is 31.0. The zero-order valence-corrected chi connectivity index (χ0v) is 12.9. The molecule has 2 atom stereocenters. The third-order valence-corrected chi connectivity index (χ3v) is 3.24. The van der Waals surface area contributed by atoms with E-state index in [9.17, 15) is 24.3 Å². The molecule has 132 valence electrons. The van der Waals surface area contributed by atoms with Gasteiger partial charge in [-0.3, -0.25) is 4.79 Å². The Balaban J connectivity index is 4.73. The van der Waals surface area contributed by atoms with E-state index in [1.165, 1.54) is 6.92 Å². The largest absolute Gasteiger partial charge is 0.481 e. The van der Waals surface area contributed by atoms with Crippen molar-refractivity contribution < 1.29 is 34.5 Å². The van der Waals surface area contributed by atoms with E-state index < -0.39 is 41.9 Å². The van der Waals surface area contributed by atoms with E-state index in [1.807, 2.05) is 0 Å². The minimum absolute atomic E-state index is 0.125. The Kier molecular flexibility index (Phi) is 8.63. The quantitative estimate of drug-likeness (QED) is 0.276. The first-order valence-electron chi connectivity index (χ1n) is 7.09. The number of urea groups is 1. The molecule has 0 saturated heterocycles. The molecule has 7 N–H and O–H groups in total. The molecule has 1 unspecified atom stereocenters. The van der Waals surface area contributed by atoms with E-state index in [-0.39, 0.29) is 12.8 Å². The second-order valence-corrected chi connectivity index (χ2v) is 5.30. The lowest BCUT2D eigenvalue weighted by Gasteiger charge is -2.27. The molecule has 0 fully saturated rings. The van der Waals surface area contributed by atoms with Gasteiger partial charge in [0, 0.05) is 6.42 Å².